The molecule has 9 aromatic carbocycles. The lowest BCUT2D eigenvalue weighted by atomic mass is 9.97. The zero-order valence-corrected chi connectivity index (χ0v) is 45.5. The number of benzene rings is 9. The van der Waals surface area contributed by atoms with Gasteiger partial charge in [-0.1, -0.05) is 164 Å². The monoisotopic (exact) mass is 1130 g/mol. The van der Waals surface area contributed by atoms with Crippen LogP contribution in [0.1, 0.15) is 58.1 Å². The average Bonchev–Trinajstić information content (AvgIpc) is 1.57. The largest absolute Gasteiger partial charge is 0.489 e. The smallest absolute Gasteiger partial charge is 0.338 e. The first kappa shape index (κ1) is 56.1. The molecule has 0 radical (unpaired) electrons. The first-order valence-corrected chi connectivity index (χ1v) is 27.3. The van der Waals surface area contributed by atoms with Crippen molar-refractivity contribution in [3.63, 3.8) is 0 Å². The molecule has 0 unspecified atom stereocenters. The fourth-order valence-corrected chi connectivity index (χ4v) is 9.40. The van der Waals surface area contributed by atoms with Crippen LogP contribution in [-0.4, -0.2) is 61.2 Å². The van der Waals surface area contributed by atoms with E-state index in [-0.39, 0.29) is 64.6 Å². The first-order chi connectivity index (χ1) is 41.7. The van der Waals surface area contributed by atoms with Crippen molar-refractivity contribution >= 4 is 34.8 Å². The predicted octanol–water partition coefficient (Wildman–Crippen LogP) is 12.8. The van der Waals surface area contributed by atoms with Gasteiger partial charge >= 0.3 is 23.9 Å². The Bertz CT molecular complexity index is 3920. The van der Waals surface area contributed by atoms with E-state index in [0.29, 0.717) is 17.1 Å². The minimum Gasteiger partial charge on any atom is -0.489 e. The van der Waals surface area contributed by atoms with Crippen molar-refractivity contribution in [2.75, 3.05) is 6.61 Å². The molecule has 424 valence electrons. The van der Waals surface area contributed by atoms with Crippen molar-refractivity contribution in [2.24, 2.45) is 0 Å². The molecular formula is C70H54O15. The van der Waals surface area contributed by atoms with E-state index in [1.807, 2.05) is 91.0 Å². The van der Waals surface area contributed by atoms with Crippen LogP contribution in [0.15, 0.2) is 258 Å². The predicted molar refractivity (Wildman–Crippen MR) is 313 cm³/mol. The molecule has 0 N–H and O–H groups in total. The minimum absolute atomic E-state index is 0.0179. The lowest BCUT2D eigenvalue weighted by Gasteiger charge is -2.44. The molecule has 2 heterocycles. The Kier molecular flexibility index (Phi) is 17.7. The molecular weight excluding hydrogens is 1080 g/mol. The molecule has 0 spiro atoms. The van der Waals surface area contributed by atoms with Crippen LogP contribution in [0.25, 0.3) is 22.3 Å². The number of rotatable bonds is 21. The SMILES string of the molecule is O=C(OC[C@H]1O[C@@H](Oc2c(-c3ccc(OCc4ccccc4)cc3)oc3cc(OCc4ccccc4)cc(OCc4ccccc4)c3c2=O)[C@H](OC(=O)c2ccccc2)[C@@H](OC(=O)c2ccccc2)[C@@H]1OC(=O)c1ccccc1)c1ccccc1. The zero-order chi connectivity index (χ0) is 58.3. The quantitative estimate of drug-likeness (QED) is 0.0489. The van der Waals surface area contributed by atoms with Crippen LogP contribution in [0.3, 0.4) is 0 Å². The van der Waals surface area contributed by atoms with Gasteiger partial charge in [-0.25, -0.2) is 19.2 Å². The third-order valence-corrected chi connectivity index (χ3v) is 13.7. The van der Waals surface area contributed by atoms with Crippen molar-refractivity contribution < 1.29 is 66.2 Å². The molecule has 0 bridgehead atoms. The van der Waals surface area contributed by atoms with Crippen molar-refractivity contribution in [1.29, 1.82) is 0 Å². The van der Waals surface area contributed by atoms with Gasteiger partial charge in [0.15, 0.2) is 18.0 Å². The standard InChI is InChI=1S/C70H54O15/c71-60-59-56(78-44-48-26-12-3-13-27-48)40-55(77-43-47-24-10-2-11-25-47)41-57(59)80-61(49-36-38-54(39-37-49)76-42-46-22-8-1-9-23-46)63(60)85-70-65(84-69(75)53-34-20-7-21-35-53)64(83-68(74)52-32-18-6-19-33-52)62(82-67(73)51-30-16-5-17-31-51)58(81-70)45-79-66(72)50-28-14-4-15-29-50/h1-41,58,62,64-65,70H,42-45H2/t58-,62-,64+,65-,70+/m1/s1. The molecule has 1 aromatic heterocycles. The molecule has 1 saturated heterocycles. The second-order valence-corrected chi connectivity index (χ2v) is 19.6. The third kappa shape index (κ3) is 13.9. The van der Waals surface area contributed by atoms with E-state index in [9.17, 15) is 19.2 Å². The molecule has 11 rings (SSSR count). The number of fused-ring (bicyclic) bond motifs is 1. The lowest BCUT2D eigenvalue weighted by molar-refractivity contribution is -0.275. The summed E-state index contributed by atoms with van der Waals surface area (Å²) >= 11 is 0. The molecule has 10 aromatic rings. The van der Waals surface area contributed by atoms with Gasteiger partial charge in [0.05, 0.1) is 22.3 Å². The van der Waals surface area contributed by atoms with Gasteiger partial charge in [0, 0.05) is 17.7 Å². The highest BCUT2D eigenvalue weighted by atomic mass is 16.7. The van der Waals surface area contributed by atoms with E-state index < -0.39 is 72.4 Å². The highest BCUT2D eigenvalue weighted by molar-refractivity contribution is 5.92. The van der Waals surface area contributed by atoms with Crippen molar-refractivity contribution in [3.05, 3.63) is 298 Å². The van der Waals surface area contributed by atoms with E-state index >= 15 is 4.79 Å². The van der Waals surface area contributed by atoms with Crippen LogP contribution in [0.2, 0.25) is 0 Å². The second kappa shape index (κ2) is 26.9. The number of hydrogen-bond donors (Lipinski definition) is 0. The Hall–Kier alpha value is -10.8. The van der Waals surface area contributed by atoms with Crippen LogP contribution >= 0.6 is 0 Å². The van der Waals surface area contributed by atoms with Crippen molar-refractivity contribution in [2.45, 2.75) is 50.5 Å². The highest BCUT2D eigenvalue weighted by Crippen LogP contribution is 2.40. The average molecular weight is 1140 g/mol. The van der Waals surface area contributed by atoms with Gasteiger partial charge in [-0.3, -0.25) is 4.79 Å². The van der Waals surface area contributed by atoms with E-state index in [0.717, 1.165) is 16.7 Å². The van der Waals surface area contributed by atoms with E-state index in [2.05, 4.69) is 0 Å². The zero-order valence-electron chi connectivity index (χ0n) is 45.5. The molecule has 15 nitrogen and oxygen atoms in total. The number of esters is 4. The van der Waals surface area contributed by atoms with Crippen LogP contribution < -0.4 is 24.4 Å². The molecule has 1 fully saturated rings. The van der Waals surface area contributed by atoms with Crippen LogP contribution in [0.4, 0.5) is 0 Å². The van der Waals surface area contributed by atoms with Gasteiger partial charge < -0.3 is 47.0 Å². The Balaban J connectivity index is 1.07. The fraction of sp³-hybridized carbons (Fsp3) is 0.129. The molecule has 85 heavy (non-hydrogen) atoms. The maximum atomic E-state index is 15.9. The normalized spacial score (nSPS) is 16.3. The first-order valence-electron chi connectivity index (χ1n) is 27.3. The van der Waals surface area contributed by atoms with Gasteiger partial charge in [-0.2, -0.15) is 0 Å². The molecule has 1 aliphatic rings. The summed E-state index contributed by atoms with van der Waals surface area (Å²) in [5.41, 5.74) is 2.59. The molecule has 0 saturated carbocycles. The Labute approximate surface area is 488 Å². The van der Waals surface area contributed by atoms with Crippen LogP contribution in [0.5, 0.6) is 23.0 Å². The maximum Gasteiger partial charge on any atom is 0.338 e. The number of carbonyl (C=O) groups is 4. The second-order valence-electron chi connectivity index (χ2n) is 19.6. The summed E-state index contributed by atoms with van der Waals surface area (Å²) in [6, 6.07) is 70.4. The number of ether oxygens (including phenoxy) is 9. The van der Waals surface area contributed by atoms with Gasteiger partial charge in [0.1, 0.15) is 60.7 Å². The summed E-state index contributed by atoms with van der Waals surface area (Å²) in [6.45, 7) is -0.219. The molecule has 1 aliphatic heterocycles. The van der Waals surface area contributed by atoms with E-state index in [1.54, 1.807) is 121 Å². The summed E-state index contributed by atoms with van der Waals surface area (Å²) in [7, 11) is 0. The van der Waals surface area contributed by atoms with E-state index in [4.69, 9.17) is 47.0 Å². The molecule has 5 atom stereocenters. The fourth-order valence-electron chi connectivity index (χ4n) is 9.40. The molecule has 0 amide bonds. The summed E-state index contributed by atoms with van der Waals surface area (Å²) in [4.78, 5) is 73.1. The molecule has 0 aliphatic carbocycles. The van der Waals surface area contributed by atoms with Gasteiger partial charge in [0.2, 0.25) is 23.6 Å². The Morgan fingerprint density at radius 1 is 0.412 bits per heavy atom. The van der Waals surface area contributed by atoms with Gasteiger partial charge in [0.25, 0.3) is 0 Å². The summed E-state index contributed by atoms with van der Waals surface area (Å²) in [6.07, 6.45) is -8.94. The third-order valence-electron chi connectivity index (χ3n) is 13.7. The Morgan fingerprint density at radius 2 is 0.824 bits per heavy atom. The van der Waals surface area contributed by atoms with Gasteiger partial charge in [-0.05, 0) is 89.5 Å². The van der Waals surface area contributed by atoms with Crippen molar-refractivity contribution in [3.8, 4) is 34.3 Å². The van der Waals surface area contributed by atoms with Crippen molar-refractivity contribution in [1.82, 2.24) is 0 Å². The van der Waals surface area contributed by atoms with E-state index in [1.165, 1.54) is 36.4 Å². The molecule has 15 heteroatoms. The maximum absolute atomic E-state index is 15.9. The van der Waals surface area contributed by atoms with Crippen LogP contribution in [-0.2, 0) is 43.5 Å². The summed E-state index contributed by atoms with van der Waals surface area (Å²) in [5.74, 6) is -3.32. The summed E-state index contributed by atoms with van der Waals surface area (Å²) in [5, 5.41) is -0.0757. The van der Waals surface area contributed by atoms with Crippen LogP contribution in [0, 0.1) is 0 Å². The lowest BCUT2D eigenvalue weighted by Crippen LogP contribution is -2.64. The number of hydrogen-bond acceptors (Lipinski definition) is 15. The number of carbonyl (C=O) groups excluding carboxylic acids is 4. The minimum atomic E-state index is -1.96. The Morgan fingerprint density at radius 3 is 1.31 bits per heavy atom. The van der Waals surface area contributed by atoms with Gasteiger partial charge in [-0.15, -0.1) is 0 Å². The highest BCUT2D eigenvalue weighted by Gasteiger charge is 2.55. The summed E-state index contributed by atoms with van der Waals surface area (Å²) < 4.78 is 64.4. The topological polar surface area (TPSA) is 182 Å².